The van der Waals surface area contributed by atoms with E-state index in [9.17, 15) is 8.42 Å². The first kappa shape index (κ1) is 16.1. The number of pyridine rings is 1. The van der Waals surface area contributed by atoms with Crippen molar-refractivity contribution in [2.75, 3.05) is 12.8 Å². The van der Waals surface area contributed by atoms with Crippen LogP contribution in [0.25, 0.3) is 11.4 Å². The molecule has 0 aliphatic carbocycles. The topological polar surface area (TPSA) is 68.1 Å². The Morgan fingerprint density at radius 3 is 2.74 bits per heavy atom. The van der Waals surface area contributed by atoms with E-state index in [1.807, 2.05) is 28.9 Å². The maximum Gasteiger partial charge on any atom is 0.211 e. The molecule has 0 bridgehead atoms. The number of rotatable bonds is 4. The Labute approximate surface area is 137 Å². The van der Waals surface area contributed by atoms with Crippen molar-refractivity contribution in [1.29, 1.82) is 0 Å². The smallest absolute Gasteiger partial charge is 0.211 e. The van der Waals surface area contributed by atoms with E-state index in [-0.39, 0.29) is 12.1 Å². The van der Waals surface area contributed by atoms with Crippen molar-refractivity contribution >= 4 is 10.0 Å². The third kappa shape index (κ3) is 3.16. The highest BCUT2D eigenvalue weighted by molar-refractivity contribution is 7.88. The minimum Gasteiger partial charge on any atom is -0.261 e. The zero-order valence-corrected chi connectivity index (χ0v) is 14.5. The van der Waals surface area contributed by atoms with Crippen molar-refractivity contribution in [2.45, 2.75) is 38.8 Å². The predicted molar refractivity (Wildman–Crippen MR) is 89.4 cm³/mol. The number of sulfonamides is 1. The lowest BCUT2D eigenvalue weighted by Crippen LogP contribution is -2.29. The number of hydrogen-bond acceptors (Lipinski definition) is 4. The monoisotopic (exact) mass is 334 g/mol. The average molecular weight is 334 g/mol. The van der Waals surface area contributed by atoms with Gasteiger partial charge in [-0.1, -0.05) is 6.07 Å². The Balaban J connectivity index is 1.99. The maximum atomic E-state index is 12.0. The van der Waals surface area contributed by atoms with E-state index in [0.717, 1.165) is 29.9 Å². The van der Waals surface area contributed by atoms with E-state index >= 15 is 0 Å². The summed E-state index contributed by atoms with van der Waals surface area (Å²) in [5.74, 6) is 0. The minimum absolute atomic E-state index is 0.166. The molecular formula is C16H22N4O2S. The van der Waals surface area contributed by atoms with Gasteiger partial charge in [-0.25, -0.2) is 13.4 Å². The summed E-state index contributed by atoms with van der Waals surface area (Å²) < 4.78 is 27.4. The van der Waals surface area contributed by atoms with Gasteiger partial charge in [-0.3, -0.25) is 4.68 Å². The zero-order chi connectivity index (χ0) is 16.6. The molecule has 0 N–H and O–H groups in total. The molecule has 3 heterocycles. The SMILES string of the molecule is CC(C)n1nccc1-c1cccc([C@H]2CCCN2S(C)(=O)=O)n1. The lowest BCUT2D eigenvalue weighted by Gasteiger charge is -2.22. The van der Waals surface area contributed by atoms with Crippen LogP contribution in [0, 0.1) is 0 Å². The largest absolute Gasteiger partial charge is 0.261 e. The third-order valence-electron chi connectivity index (χ3n) is 4.16. The first-order valence-corrected chi connectivity index (χ1v) is 9.70. The Kier molecular flexibility index (Phi) is 4.25. The summed E-state index contributed by atoms with van der Waals surface area (Å²) in [5, 5.41) is 4.34. The molecule has 1 saturated heterocycles. The lowest BCUT2D eigenvalue weighted by atomic mass is 10.1. The molecule has 6 nitrogen and oxygen atoms in total. The van der Waals surface area contributed by atoms with Crippen molar-refractivity contribution in [3.8, 4) is 11.4 Å². The molecule has 0 amide bonds. The quantitative estimate of drug-likeness (QED) is 0.862. The van der Waals surface area contributed by atoms with Crippen molar-refractivity contribution in [3.05, 3.63) is 36.2 Å². The van der Waals surface area contributed by atoms with Gasteiger partial charge in [0.1, 0.15) is 0 Å². The molecule has 1 atom stereocenters. The van der Waals surface area contributed by atoms with Crippen LogP contribution < -0.4 is 0 Å². The van der Waals surface area contributed by atoms with Crippen LogP contribution in [0.4, 0.5) is 0 Å². The van der Waals surface area contributed by atoms with Gasteiger partial charge in [-0.15, -0.1) is 0 Å². The van der Waals surface area contributed by atoms with Crippen LogP contribution in [0.5, 0.6) is 0 Å². The van der Waals surface area contributed by atoms with E-state index in [1.54, 1.807) is 10.5 Å². The molecule has 0 saturated carbocycles. The van der Waals surface area contributed by atoms with Crippen LogP contribution in [0.2, 0.25) is 0 Å². The van der Waals surface area contributed by atoms with Gasteiger partial charge >= 0.3 is 0 Å². The summed E-state index contributed by atoms with van der Waals surface area (Å²) in [6.07, 6.45) is 4.71. The van der Waals surface area contributed by atoms with Gasteiger partial charge < -0.3 is 0 Å². The first-order chi connectivity index (χ1) is 10.9. The van der Waals surface area contributed by atoms with Crippen LogP contribution >= 0.6 is 0 Å². The molecule has 1 aliphatic heterocycles. The van der Waals surface area contributed by atoms with Crippen LogP contribution in [0.3, 0.4) is 0 Å². The lowest BCUT2D eigenvalue weighted by molar-refractivity contribution is 0.394. The van der Waals surface area contributed by atoms with Gasteiger partial charge in [-0.2, -0.15) is 9.40 Å². The second kappa shape index (κ2) is 6.05. The van der Waals surface area contributed by atoms with Crippen LogP contribution in [-0.2, 0) is 10.0 Å². The molecule has 1 fully saturated rings. The summed E-state index contributed by atoms with van der Waals surface area (Å²) in [7, 11) is -3.21. The molecule has 2 aromatic heterocycles. The highest BCUT2D eigenvalue weighted by atomic mass is 32.2. The van der Waals surface area contributed by atoms with E-state index in [1.165, 1.54) is 6.26 Å². The minimum atomic E-state index is -3.21. The van der Waals surface area contributed by atoms with Gasteiger partial charge in [0.15, 0.2) is 0 Å². The number of hydrogen-bond donors (Lipinski definition) is 0. The summed E-state index contributed by atoms with van der Waals surface area (Å²) in [6, 6.07) is 7.81. The highest BCUT2D eigenvalue weighted by Gasteiger charge is 2.33. The van der Waals surface area contributed by atoms with Crippen LogP contribution in [0.1, 0.15) is 44.5 Å². The molecule has 1 aliphatic rings. The Bertz CT molecular complexity index is 798. The number of nitrogens with zero attached hydrogens (tertiary/aromatic N) is 4. The predicted octanol–water partition coefficient (Wildman–Crippen LogP) is 2.62. The normalized spacial score (nSPS) is 19.6. The van der Waals surface area contributed by atoms with Gasteiger partial charge in [0.2, 0.25) is 10.0 Å². The fourth-order valence-corrected chi connectivity index (χ4v) is 4.28. The van der Waals surface area contributed by atoms with Crippen LogP contribution in [-0.4, -0.2) is 40.3 Å². The standard InChI is InChI=1S/C16H22N4O2S/c1-12(2)20-16(9-10-17-20)14-7-4-6-13(18-14)15-8-5-11-19(15)23(3,21)22/h4,6-7,9-10,12,15H,5,8,11H2,1-3H3/t15-/m1/s1. The van der Waals surface area contributed by atoms with E-state index in [4.69, 9.17) is 4.98 Å². The second-order valence-corrected chi connectivity index (χ2v) is 8.17. The molecule has 2 aromatic rings. The summed E-state index contributed by atoms with van der Waals surface area (Å²) in [5.41, 5.74) is 2.58. The maximum absolute atomic E-state index is 12.0. The van der Waals surface area contributed by atoms with Crippen molar-refractivity contribution < 1.29 is 8.42 Å². The van der Waals surface area contributed by atoms with Crippen LogP contribution in [0.15, 0.2) is 30.5 Å². The molecule has 7 heteroatoms. The molecule has 0 aromatic carbocycles. The molecule has 0 spiro atoms. The van der Waals surface area contributed by atoms with Gasteiger partial charge in [0.25, 0.3) is 0 Å². The van der Waals surface area contributed by atoms with Crippen molar-refractivity contribution in [2.24, 2.45) is 0 Å². The molecular weight excluding hydrogens is 312 g/mol. The fraction of sp³-hybridized carbons (Fsp3) is 0.500. The molecule has 0 unspecified atom stereocenters. The summed E-state index contributed by atoms with van der Waals surface area (Å²) in [6.45, 7) is 4.71. The summed E-state index contributed by atoms with van der Waals surface area (Å²) in [4.78, 5) is 4.74. The Hall–Kier alpha value is -1.73. The van der Waals surface area contributed by atoms with Gasteiger partial charge in [0.05, 0.1) is 29.4 Å². The first-order valence-electron chi connectivity index (χ1n) is 7.85. The molecule has 3 rings (SSSR count). The van der Waals surface area contributed by atoms with Crippen molar-refractivity contribution in [1.82, 2.24) is 19.1 Å². The third-order valence-corrected chi connectivity index (χ3v) is 5.45. The Morgan fingerprint density at radius 2 is 2.04 bits per heavy atom. The van der Waals surface area contributed by atoms with E-state index in [2.05, 4.69) is 18.9 Å². The van der Waals surface area contributed by atoms with Gasteiger partial charge in [0, 0.05) is 18.8 Å². The Morgan fingerprint density at radius 1 is 1.26 bits per heavy atom. The van der Waals surface area contributed by atoms with Crippen molar-refractivity contribution in [3.63, 3.8) is 0 Å². The fourth-order valence-electron chi connectivity index (χ4n) is 3.14. The molecule has 23 heavy (non-hydrogen) atoms. The second-order valence-electron chi connectivity index (χ2n) is 6.23. The molecule has 124 valence electrons. The number of aromatic nitrogens is 3. The van der Waals surface area contributed by atoms with Gasteiger partial charge in [-0.05, 0) is 44.9 Å². The summed E-state index contributed by atoms with van der Waals surface area (Å²) >= 11 is 0. The van der Waals surface area contributed by atoms with E-state index < -0.39 is 10.0 Å². The molecule has 0 radical (unpaired) electrons. The average Bonchev–Trinajstić information content (AvgIpc) is 3.16. The van der Waals surface area contributed by atoms with E-state index in [0.29, 0.717) is 6.54 Å². The zero-order valence-electron chi connectivity index (χ0n) is 13.7. The highest BCUT2D eigenvalue weighted by Crippen LogP contribution is 2.33.